The van der Waals surface area contributed by atoms with Gasteiger partial charge >= 0.3 is 0 Å². The summed E-state index contributed by atoms with van der Waals surface area (Å²) < 4.78 is 5.50. The maximum Gasteiger partial charge on any atom is 0.262 e. The molecule has 0 aliphatic rings. The number of hydrogen-bond donors (Lipinski definition) is 2. The van der Waals surface area contributed by atoms with Crippen LogP contribution in [0.5, 0.6) is 5.75 Å². The van der Waals surface area contributed by atoms with Crippen molar-refractivity contribution >= 4 is 17.3 Å². The van der Waals surface area contributed by atoms with E-state index in [1.54, 1.807) is 12.1 Å². The number of carbonyl (C=O) groups is 1. The molecule has 110 valence electrons. The Hall–Kier alpha value is -2.49. The molecular formula is C17H20N2O2. The fourth-order valence-corrected chi connectivity index (χ4v) is 1.97. The Kier molecular flexibility index (Phi) is 4.48. The summed E-state index contributed by atoms with van der Waals surface area (Å²) in [5, 5.41) is 2.81. The van der Waals surface area contributed by atoms with E-state index in [1.807, 2.05) is 45.0 Å². The monoisotopic (exact) mass is 284 g/mol. The standard InChI is InChI=1S/C17H20N2O2/c1-11-4-6-15(9-12(11)2)21-10-17(20)19-16-7-5-14(18)8-13(16)3/h4-9H,10,18H2,1-3H3,(H,19,20). The predicted octanol–water partition coefficient (Wildman–Crippen LogP) is 3.21. The molecule has 0 fully saturated rings. The van der Waals surface area contributed by atoms with Gasteiger partial charge in [-0.1, -0.05) is 6.07 Å². The molecule has 0 atom stereocenters. The first kappa shape index (κ1) is 14.9. The largest absolute Gasteiger partial charge is 0.484 e. The Morgan fingerprint density at radius 1 is 1.05 bits per heavy atom. The lowest BCUT2D eigenvalue weighted by atomic mass is 10.1. The van der Waals surface area contributed by atoms with Crippen LogP contribution < -0.4 is 15.8 Å². The maximum absolute atomic E-state index is 11.9. The van der Waals surface area contributed by atoms with Crippen molar-refractivity contribution in [3.63, 3.8) is 0 Å². The fourth-order valence-electron chi connectivity index (χ4n) is 1.97. The topological polar surface area (TPSA) is 64.3 Å². The van der Waals surface area contributed by atoms with Gasteiger partial charge in [0.25, 0.3) is 5.91 Å². The van der Waals surface area contributed by atoms with Crippen LogP contribution in [0.4, 0.5) is 11.4 Å². The molecule has 2 aromatic carbocycles. The molecule has 2 aromatic rings. The predicted molar refractivity (Wildman–Crippen MR) is 85.6 cm³/mol. The Labute approximate surface area is 124 Å². The van der Waals surface area contributed by atoms with E-state index in [1.165, 1.54) is 5.56 Å². The van der Waals surface area contributed by atoms with Crippen molar-refractivity contribution in [2.24, 2.45) is 0 Å². The quantitative estimate of drug-likeness (QED) is 0.847. The highest BCUT2D eigenvalue weighted by Crippen LogP contribution is 2.18. The summed E-state index contributed by atoms with van der Waals surface area (Å²) >= 11 is 0. The van der Waals surface area contributed by atoms with Crippen molar-refractivity contribution in [3.05, 3.63) is 53.1 Å². The molecule has 0 saturated carbocycles. The molecule has 0 bridgehead atoms. The molecule has 0 aromatic heterocycles. The van der Waals surface area contributed by atoms with E-state index in [0.29, 0.717) is 11.4 Å². The zero-order valence-corrected chi connectivity index (χ0v) is 12.6. The normalized spacial score (nSPS) is 10.2. The molecule has 0 radical (unpaired) electrons. The van der Waals surface area contributed by atoms with E-state index in [2.05, 4.69) is 5.32 Å². The molecule has 0 spiro atoms. The van der Waals surface area contributed by atoms with Crippen LogP contribution >= 0.6 is 0 Å². The third kappa shape index (κ3) is 3.99. The van der Waals surface area contributed by atoms with E-state index in [4.69, 9.17) is 10.5 Å². The highest BCUT2D eigenvalue weighted by Gasteiger charge is 2.06. The molecular weight excluding hydrogens is 264 g/mol. The summed E-state index contributed by atoms with van der Waals surface area (Å²) in [6, 6.07) is 11.1. The van der Waals surface area contributed by atoms with E-state index in [0.717, 1.165) is 16.8 Å². The SMILES string of the molecule is Cc1ccc(OCC(=O)Nc2ccc(N)cc2C)cc1C. The number of nitrogens with two attached hydrogens (primary N) is 1. The smallest absolute Gasteiger partial charge is 0.262 e. The van der Waals surface area contributed by atoms with Gasteiger partial charge in [0.2, 0.25) is 0 Å². The van der Waals surface area contributed by atoms with Crippen molar-refractivity contribution < 1.29 is 9.53 Å². The Bertz CT molecular complexity index is 666. The minimum Gasteiger partial charge on any atom is -0.484 e. The average Bonchev–Trinajstić information content (AvgIpc) is 2.43. The highest BCUT2D eigenvalue weighted by molar-refractivity contribution is 5.92. The second-order valence-corrected chi connectivity index (χ2v) is 5.16. The second-order valence-electron chi connectivity index (χ2n) is 5.16. The van der Waals surface area contributed by atoms with E-state index >= 15 is 0 Å². The fraction of sp³-hybridized carbons (Fsp3) is 0.235. The van der Waals surface area contributed by atoms with Crippen molar-refractivity contribution in [3.8, 4) is 5.75 Å². The van der Waals surface area contributed by atoms with Gasteiger partial charge in [0, 0.05) is 11.4 Å². The number of benzene rings is 2. The maximum atomic E-state index is 11.9. The summed E-state index contributed by atoms with van der Waals surface area (Å²) in [5.74, 6) is 0.503. The number of rotatable bonds is 4. The van der Waals surface area contributed by atoms with Crippen molar-refractivity contribution in [2.45, 2.75) is 20.8 Å². The lowest BCUT2D eigenvalue weighted by molar-refractivity contribution is -0.118. The first-order valence-electron chi connectivity index (χ1n) is 6.82. The summed E-state index contributed by atoms with van der Waals surface area (Å²) in [4.78, 5) is 11.9. The van der Waals surface area contributed by atoms with Gasteiger partial charge in [0.1, 0.15) is 5.75 Å². The molecule has 4 heteroatoms. The summed E-state index contributed by atoms with van der Waals surface area (Å²) in [7, 11) is 0. The van der Waals surface area contributed by atoms with Crippen LogP contribution in [0.15, 0.2) is 36.4 Å². The van der Waals surface area contributed by atoms with Crippen LogP contribution in [0.25, 0.3) is 0 Å². The Morgan fingerprint density at radius 2 is 1.81 bits per heavy atom. The Balaban J connectivity index is 1.94. The molecule has 21 heavy (non-hydrogen) atoms. The number of nitrogen functional groups attached to an aromatic ring is 1. The minimum atomic E-state index is -0.193. The number of carbonyl (C=O) groups excluding carboxylic acids is 1. The lowest BCUT2D eigenvalue weighted by Gasteiger charge is -2.11. The molecule has 0 aliphatic carbocycles. The van der Waals surface area contributed by atoms with Gasteiger partial charge < -0.3 is 15.8 Å². The molecule has 1 amide bonds. The van der Waals surface area contributed by atoms with Crippen LogP contribution in [0.3, 0.4) is 0 Å². The first-order chi connectivity index (χ1) is 9.95. The third-order valence-corrected chi connectivity index (χ3v) is 3.37. The molecule has 0 aliphatic heterocycles. The molecule has 2 rings (SSSR count). The number of aryl methyl sites for hydroxylation is 3. The zero-order valence-electron chi connectivity index (χ0n) is 12.6. The van der Waals surface area contributed by atoms with E-state index < -0.39 is 0 Å². The number of hydrogen-bond acceptors (Lipinski definition) is 3. The first-order valence-corrected chi connectivity index (χ1v) is 6.82. The zero-order chi connectivity index (χ0) is 15.4. The van der Waals surface area contributed by atoms with Gasteiger partial charge in [-0.25, -0.2) is 0 Å². The number of amides is 1. The average molecular weight is 284 g/mol. The van der Waals surface area contributed by atoms with Crippen molar-refractivity contribution in [1.29, 1.82) is 0 Å². The molecule has 3 N–H and O–H groups in total. The minimum absolute atomic E-state index is 0.0215. The lowest BCUT2D eigenvalue weighted by Crippen LogP contribution is -2.20. The van der Waals surface area contributed by atoms with Gasteiger partial charge in [-0.2, -0.15) is 0 Å². The second kappa shape index (κ2) is 6.31. The van der Waals surface area contributed by atoms with E-state index in [-0.39, 0.29) is 12.5 Å². The summed E-state index contributed by atoms with van der Waals surface area (Å²) in [6.45, 7) is 5.93. The van der Waals surface area contributed by atoms with Crippen molar-refractivity contribution in [1.82, 2.24) is 0 Å². The number of ether oxygens (including phenoxy) is 1. The number of nitrogens with one attached hydrogen (secondary N) is 1. The summed E-state index contributed by atoms with van der Waals surface area (Å²) in [5.41, 5.74) is 10.4. The Morgan fingerprint density at radius 3 is 2.48 bits per heavy atom. The van der Waals surface area contributed by atoms with Gasteiger partial charge in [-0.3, -0.25) is 4.79 Å². The van der Waals surface area contributed by atoms with Crippen molar-refractivity contribution in [2.75, 3.05) is 17.7 Å². The molecule has 0 unspecified atom stereocenters. The van der Waals surface area contributed by atoms with Crippen LogP contribution in [0.2, 0.25) is 0 Å². The van der Waals surface area contributed by atoms with Gasteiger partial charge in [-0.05, 0) is 67.8 Å². The van der Waals surface area contributed by atoms with Crippen LogP contribution in [-0.2, 0) is 4.79 Å². The molecule has 4 nitrogen and oxygen atoms in total. The van der Waals surface area contributed by atoms with Crippen LogP contribution in [-0.4, -0.2) is 12.5 Å². The van der Waals surface area contributed by atoms with Gasteiger partial charge in [-0.15, -0.1) is 0 Å². The highest BCUT2D eigenvalue weighted by atomic mass is 16.5. The third-order valence-electron chi connectivity index (χ3n) is 3.37. The van der Waals surface area contributed by atoms with E-state index in [9.17, 15) is 4.79 Å². The van der Waals surface area contributed by atoms with Crippen LogP contribution in [0.1, 0.15) is 16.7 Å². The van der Waals surface area contributed by atoms with Gasteiger partial charge in [0.05, 0.1) is 0 Å². The number of anilines is 2. The van der Waals surface area contributed by atoms with Gasteiger partial charge in [0.15, 0.2) is 6.61 Å². The van der Waals surface area contributed by atoms with Crippen LogP contribution in [0, 0.1) is 20.8 Å². The molecule has 0 saturated heterocycles. The molecule has 0 heterocycles. The summed E-state index contributed by atoms with van der Waals surface area (Å²) in [6.07, 6.45) is 0.